The fourth-order valence-corrected chi connectivity index (χ4v) is 4.53. The van der Waals surface area contributed by atoms with Crippen LogP contribution >= 0.6 is 0 Å². The number of carbonyl (C=O) groups excluding carboxylic acids is 3. The van der Waals surface area contributed by atoms with E-state index in [1.165, 1.54) is 6.92 Å². The van der Waals surface area contributed by atoms with Crippen molar-refractivity contribution in [1.82, 2.24) is 0 Å². The van der Waals surface area contributed by atoms with Crippen LogP contribution in [0.2, 0.25) is 0 Å². The minimum atomic E-state index is -0.614. The molecule has 3 aliphatic carbocycles. The summed E-state index contributed by atoms with van der Waals surface area (Å²) < 4.78 is 10.4. The molecule has 1 saturated carbocycles. The van der Waals surface area contributed by atoms with E-state index >= 15 is 0 Å². The number of cyclic esters (lactones) is 2. The zero-order valence-electron chi connectivity index (χ0n) is 12.8. The van der Waals surface area contributed by atoms with Crippen molar-refractivity contribution in [1.29, 1.82) is 0 Å². The molecule has 5 heteroatoms. The Kier molecular flexibility index (Phi) is 2.85. The van der Waals surface area contributed by atoms with Gasteiger partial charge < -0.3 is 9.47 Å². The van der Waals surface area contributed by atoms with E-state index < -0.39 is 40.6 Å². The zero-order chi connectivity index (χ0) is 15.6. The van der Waals surface area contributed by atoms with E-state index in [1.807, 2.05) is 26.8 Å². The summed E-state index contributed by atoms with van der Waals surface area (Å²) in [6, 6.07) is 0. The van der Waals surface area contributed by atoms with Crippen LogP contribution in [0.15, 0.2) is 11.8 Å². The Hall–Kier alpha value is -1.65. The van der Waals surface area contributed by atoms with E-state index in [9.17, 15) is 14.4 Å². The molecule has 4 aliphatic rings. The molecule has 21 heavy (non-hydrogen) atoms. The lowest BCUT2D eigenvalue weighted by molar-refractivity contribution is -0.157. The van der Waals surface area contributed by atoms with Gasteiger partial charge in [0.1, 0.15) is 5.76 Å². The molecule has 0 amide bonds. The average molecular weight is 292 g/mol. The van der Waals surface area contributed by atoms with Crippen molar-refractivity contribution in [3.63, 3.8) is 0 Å². The Bertz CT molecular complexity index is 575. The van der Waals surface area contributed by atoms with Crippen molar-refractivity contribution in [3.05, 3.63) is 11.8 Å². The maximum atomic E-state index is 12.3. The molecule has 0 radical (unpaired) electrons. The number of esters is 3. The highest BCUT2D eigenvalue weighted by molar-refractivity contribution is 5.98. The summed E-state index contributed by atoms with van der Waals surface area (Å²) in [4.78, 5) is 35.9. The highest BCUT2D eigenvalue weighted by Gasteiger charge is 2.69. The summed E-state index contributed by atoms with van der Waals surface area (Å²) in [5, 5.41) is 0. The van der Waals surface area contributed by atoms with Gasteiger partial charge in [0.15, 0.2) is 0 Å². The lowest BCUT2D eigenvalue weighted by Crippen LogP contribution is -2.56. The van der Waals surface area contributed by atoms with Crippen LogP contribution in [-0.2, 0) is 23.9 Å². The molecule has 1 saturated heterocycles. The minimum Gasteiger partial charge on any atom is -0.431 e. The predicted octanol–water partition coefficient (Wildman–Crippen LogP) is 2.21. The van der Waals surface area contributed by atoms with Crippen LogP contribution < -0.4 is 0 Å². The summed E-state index contributed by atoms with van der Waals surface area (Å²) in [6.07, 6.45) is 3.41. The van der Waals surface area contributed by atoms with Crippen molar-refractivity contribution in [2.75, 3.05) is 0 Å². The van der Waals surface area contributed by atoms with Crippen molar-refractivity contribution < 1.29 is 23.9 Å². The van der Waals surface area contributed by atoms with E-state index in [1.54, 1.807) is 0 Å². The third-order valence-electron chi connectivity index (χ3n) is 5.59. The second kappa shape index (κ2) is 4.18. The molecular formula is C16H20O5. The maximum Gasteiger partial charge on any atom is 0.318 e. The quantitative estimate of drug-likeness (QED) is 0.576. The molecular weight excluding hydrogens is 272 g/mol. The summed E-state index contributed by atoms with van der Waals surface area (Å²) in [5.74, 6) is -1.68. The van der Waals surface area contributed by atoms with E-state index in [2.05, 4.69) is 0 Å². The van der Waals surface area contributed by atoms with Crippen LogP contribution in [0, 0.1) is 28.6 Å². The van der Waals surface area contributed by atoms with Gasteiger partial charge in [0.05, 0.1) is 11.8 Å². The topological polar surface area (TPSA) is 69.7 Å². The lowest BCUT2D eigenvalue weighted by atomic mass is 9.45. The first-order valence-electron chi connectivity index (χ1n) is 7.39. The standard InChI is InChI=1S/C16H20O5/c1-8(2)16-6-5-15(4,7-10(16)20-9(3)17)11-12(16)14(19)21-13(11)18/h7-8,11-12H,5-6H2,1-4H3. The second-order valence-electron chi connectivity index (χ2n) is 7.00. The van der Waals surface area contributed by atoms with E-state index in [4.69, 9.17) is 9.47 Å². The first-order valence-corrected chi connectivity index (χ1v) is 7.39. The van der Waals surface area contributed by atoms with Gasteiger partial charge >= 0.3 is 17.9 Å². The van der Waals surface area contributed by atoms with Gasteiger partial charge in [-0.05, 0) is 24.8 Å². The maximum absolute atomic E-state index is 12.3. The molecule has 2 fully saturated rings. The number of fused-ring (bicyclic) bond motifs is 1. The summed E-state index contributed by atoms with van der Waals surface area (Å²) in [5.41, 5.74) is -1.09. The molecule has 114 valence electrons. The van der Waals surface area contributed by atoms with Crippen LogP contribution in [0.25, 0.3) is 0 Å². The molecule has 5 nitrogen and oxygen atoms in total. The Balaban J connectivity index is 2.20. The number of carbonyl (C=O) groups is 3. The molecule has 0 aromatic carbocycles. The van der Waals surface area contributed by atoms with Crippen LogP contribution in [0.5, 0.6) is 0 Å². The van der Waals surface area contributed by atoms with Crippen LogP contribution in [0.3, 0.4) is 0 Å². The summed E-state index contributed by atoms with van der Waals surface area (Å²) >= 11 is 0. The van der Waals surface area contributed by atoms with E-state index in [0.717, 1.165) is 12.8 Å². The van der Waals surface area contributed by atoms with E-state index in [-0.39, 0.29) is 5.92 Å². The number of ether oxygens (including phenoxy) is 2. The van der Waals surface area contributed by atoms with Gasteiger partial charge in [-0.15, -0.1) is 0 Å². The van der Waals surface area contributed by atoms with Crippen LogP contribution in [0.4, 0.5) is 0 Å². The van der Waals surface area contributed by atoms with Crippen molar-refractivity contribution in [2.24, 2.45) is 28.6 Å². The fraction of sp³-hybridized carbons (Fsp3) is 0.688. The molecule has 4 atom stereocenters. The fourth-order valence-electron chi connectivity index (χ4n) is 4.53. The smallest absolute Gasteiger partial charge is 0.318 e. The number of hydrogen-bond donors (Lipinski definition) is 0. The Labute approximate surface area is 123 Å². The van der Waals surface area contributed by atoms with Crippen molar-refractivity contribution in [3.8, 4) is 0 Å². The van der Waals surface area contributed by atoms with Gasteiger partial charge in [0.25, 0.3) is 0 Å². The molecule has 0 N–H and O–H groups in total. The third kappa shape index (κ3) is 1.66. The van der Waals surface area contributed by atoms with Gasteiger partial charge in [0, 0.05) is 17.8 Å². The molecule has 4 rings (SSSR count). The average Bonchev–Trinajstić information content (AvgIpc) is 2.66. The van der Waals surface area contributed by atoms with Crippen molar-refractivity contribution in [2.45, 2.75) is 40.5 Å². The highest BCUT2D eigenvalue weighted by Crippen LogP contribution is 2.66. The normalized spacial score (nSPS) is 40.9. The highest BCUT2D eigenvalue weighted by atomic mass is 16.6. The van der Waals surface area contributed by atoms with Gasteiger partial charge in [-0.3, -0.25) is 14.4 Å². The number of allylic oxidation sites excluding steroid dienone is 2. The number of rotatable bonds is 2. The van der Waals surface area contributed by atoms with Gasteiger partial charge in [0.2, 0.25) is 0 Å². The first kappa shape index (κ1) is 14.3. The van der Waals surface area contributed by atoms with Crippen LogP contribution in [-0.4, -0.2) is 17.9 Å². The minimum absolute atomic E-state index is 0.0684. The Morgan fingerprint density at radius 3 is 2.48 bits per heavy atom. The predicted molar refractivity (Wildman–Crippen MR) is 72.5 cm³/mol. The molecule has 1 aliphatic heterocycles. The summed E-state index contributed by atoms with van der Waals surface area (Å²) in [7, 11) is 0. The van der Waals surface area contributed by atoms with Gasteiger partial charge in [-0.25, -0.2) is 0 Å². The van der Waals surface area contributed by atoms with Crippen molar-refractivity contribution >= 4 is 17.9 Å². The molecule has 0 aromatic rings. The van der Waals surface area contributed by atoms with Crippen LogP contribution in [0.1, 0.15) is 40.5 Å². The molecule has 2 bridgehead atoms. The first-order chi connectivity index (χ1) is 9.72. The monoisotopic (exact) mass is 292 g/mol. The molecule has 1 heterocycles. The van der Waals surface area contributed by atoms with Gasteiger partial charge in [-0.2, -0.15) is 0 Å². The Morgan fingerprint density at radius 1 is 1.29 bits per heavy atom. The largest absolute Gasteiger partial charge is 0.431 e. The Morgan fingerprint density at radius 2 is 1.90 bits per heavy atom. The third-order valence-corrected chi connectivity index (χ3v) is 5.59. The molecule has 4 unspecified atom stereocenters. The molecule has 0 spiro atoms. The second-order valence-corrected chi connectivity index (χ2v) is 7.00. The zero-order valence-corrected chi connectivity index (χ0v) is 12.8. The SMILES string of the molecule is CC(=O)OC1=CC2(C)CCC1(C(C)C)C1C(=O)OC(=O)C12. The summed E-state index contributed by atoms with van der Waals surface area (Å²) in [6.45, 7) is 7.30. The van der Waals surface area contributed by atoms with E-state index in [0.29, 0.717) is 5.76 Å². The van der Waals surface area contributed by atoms with Gasteiger partial charge in [-0.1, -0.05) is 20.8 Å². The molecule has 0 aromatic heterocycles. The lowest BCUT2D eigenvalue weighted by Gasteiger charge is -2.56. The number of hydrogen-bond acceptors (Lipinski definition) is 5.